The second-order valence-electron chi connectivity index (χ2n) is 3.28. The first-order valence-corrected chi connectivity index (χ1v) is 4.73. The lowest BCUT2D eigenvalue weighted by Crippen LogP contribution is -2.21. The van der Waals surface area contributed by atoms with Crippen molar-refractivity contribution in [2.45, 2.75) is 0 Å². The molecule has 0 heterocycles. The highest BCUT2D eigenvalue weighted by atomic mass is 15.1. The Morgan fingerprint density at radius 3 is 2.29 bits per heavy atom. The van der Waals surface area contributed by atoms with Crippen molar-refractivity contribution in [1.82, 2.24) is 9.80 Å². The zero-order valence-corrected chi connectivity index (χ0v) is 9.35. The zero-order valence-electron chi connectivity index (χ0n) is 9.35. The van der Waals surface area contributed by atoms with E-state index in [-0.39, 0.29) is 0 Å². The molecular weight excluding hydrogens is 178 g/mol. The van der Waals surface area contributed by atoms with Gasteiger partial charge in [0.1, 0.15) is 0 Å². The van der Waals surface area contributed by atoms with Gasteiger partial charge in [-0.05, 0) is 0 Å². The molecular formula is C9H21N5. The van der Waals surface area contributed by atoms with Crippen molar-refractivity contribution < 1.29 is 0 Å². The molecule has 5 nitrogen and oxygen atoms in total. The molecule has 0 unspecified atom stereocenters. The van der Waals surface area contributed by atoms with E-state index in [0.717, 1.165) is 13.1 Å². The van der Waals surface area contributed by atoms with Crippen molar-refractivity contribution in [1.29, 1.82) is 0 Å². The van der Waals surface area contributed by atoms with Crippen LogP contribution in [0.3, 0.4) is 0 Å². The molecule has 0 spiro atoms. The van der Waals surface area contributed by atoms with E-state index in [4.69, 9.17) is 5.73 Å². The molecule has 0 aromatic rings. The smallest absolute Gasteiger partial charge is 0.0848 e. The van der Waals surface area contributed by atoms with Crippen LogP contribution in [0.2, 0.25) is 0 Å². The highest BCUT2D eigenvalue weighted by molar-refractivity contribution is 5.55. The van der Waals surface area contributed by atoms with Gasteiger partial charge in [0.25, 0.3) is 0 Å². The molecule has 2 N–H and O–H groups in total. The molecule has 0 bridgehead atoms. The van der Waals surface area contributed by atoms with E-state index in [1.165, 1.54) is 0 Å². The summed E-state index contributed by atoms with van der Waals surface area (Å²) in [5.74, 6) is 0. The SMILES string of the molecule is CN(C)C=NCCN(C)C=NCCN. The average Bonchev–Trinajstić information content (AvgIpc) is 2.13. The summed E-state index contributed by atoms with van der Waals surface area (Å²) in [6.45, 7) is 2.94. The Kier molecular flexibility index (Phi) is 7.83. The largest absolute Gasteiger partial charge is 0.369 e. The molecule has 0 aliphatic rings. The highest BCUT2D eigenvalue weighted by Crippen LogP contribution is 1.79. The maximum Gasteiger partial charge on any atom is 0.0848 e. The molecule has 0 radical (unpaired) electrons. The van der Waals surface area contributed by atoms with Gasteiger partial charge in [-0.2, -0.15) is 0 Å². The summed E-state index contributed by atoms with van der Waals surface area (Å²) in [7, 11) is 5.89. The van der Waals surface area contributed by atoms with Gasteiger partial charge in [0.05, 0.1) is 25.8 Å². The monoisotopic (exact) mass is 199 g/mol. The lowest BCUT2D eigenvalue weighted by atomic mass is 10.6. The van der Waals surface area contributed by atoms with Crippen LogP contribution >= 0.6 is 0 Å². The van der Waals surface area contributed by atoms with E-state index >= 15 is 0 Å². The van der Waals surface area contributed by atoms with Gasteiger partial charge in [0.15, 0.2) is 0 Å². The summed E-state index contributed by atoms with van der Waals surface area (Å²) in [4.78, 5) is 12.3. The minimum atomic E-state index is 0.600. The summed E-state index contributed by atoms with van der Waals surface area (Å²) in [5.41, 5.74) is 5.31. The summed E-state index contributed by atoms with van der Waals surface area (Å²) in [5, 5.41) is 0. The van der Waals surface area contributed by atoms with Gasteiger partial charge in [-0.15, -0.1) is 0 Å². The van der Waals surface area contributed by atoms with Crippen LogP contribution in [0.5, 0.6) is 0 Å². The van der Waals surface area contributed by atoms with Gasteiger partial charge in [-0.25, -0.2) is 0 Å². The van der Waals surface area contributed by atoms with E-state index in [9.17, 15) is 0 Å². The number of hydrogen-bond acceptors (Lipinski definition) is 3. The molecule has 0 aliphatic heterocycles. The van der Waals surface area contributed by atoms with E-state index in [1.54, 1.807) is 6.34 Å². The summed E-state index contributed by atoms with van der Waals surface area (Å²) in [6.07, 6.45) is 3.61. The molecule has 0 aliphatic carbocycles. The Bertz CT molecular complexity index is 176. The molecule has 0 atom stereocenters. The predicted molar refractivity (Wildman–Crippen MR) is 62.1 cm³/mol. The quantitative estimate of drug-likeness (QED) is 0.444. The molecule has 0 fully saturated rings. The third-order valence-corrected chi connectivity index (χ3v) is 1.43. The third-order valence-electron chi connectivity index (χ3n) is 1.43. The Labute approximate surface area is 86.3 Å². The van der Waals surface area contributed by atoms with Crippen molar-refractivity contribution in [2.75, 3.05) is 47.3 Å². The van der Waals surface area contributed by atoms with Crippen LogP contribution in [0.25, 0.3) is 0 Å². The number of hydrogen-bond donors (Lipinski definition) is 1. The second-order valence-corrected chi connectivity index (χ2v) is 3.28. The van der Waals surface area contributed by atoms with Crippen LogP contribution in [0.15, 0.2) is 9.98 Å². The maximum atomic E-state index is 5.31. The van der Waals surface area contributed by atoms with Gasteiger partial charge >= 0.3 is 0 Å². The fourth-order valence-electron chi connectivity index (χ4n) is 0.766. The van der Waals surface area contributed by atoms with Crippen LogP contribution in [-0.4, -0.2) is 69.8 Å². The lowest BCUT2D eigenvalue weighted by molar-refractivity contribution is 0.526. The maximum absolute atomic E-state index is 5.31. The molecule has 0 amide bonds. The minimum Gasteiger partial charge on any atom is -0.369 e. The molecule has 0 aromatic heterocycles. The topological polar surface area (TPSA) is 57.2 Å². The Morgan fingerprint density at radius 2 is 1.71 bits per heavy atom. The van der Waals surface area contributed by atoms with Crippen molar-refractivity contribution in [3.05, 3.63) is 0 Å². The van der Waals surface area contributed by atoms with Crippen molar-refractivity contribution in [2.24, 2.45) is 15.7 Å². The Morgan fingerprint density at radius 1 is 1.07 bits per heavy atom. The molecule has 0 rings (SSSR count). The van der Waals surface area contributed by atoms with Crippen LogP contribution in [0.1, 0.15) is 0 Å². The number of nitrogens with two attached hydrogens (primary N) is 1. The third kappa shape index (κ3) is 8.99. The average molecular weight is 199 g/mol. The van der Waals surface area contributed by atoms with Crippen LogP contribution in [-0.2, 0) is 0 Å². The lowest BCUT2D eigenvalue weighted by Gasteiger charge is -2.11. The first-order chi connectivity index (χ1) is 6.66. The number of likely N-dealkylation sites (N-methyl/N-ethyl adjacent to an activating group) is 1. The van der Waals surface area contributed by atoms with Gasteiger partial charge in [-0.1, -0.05) is 0 Å². The first kappa shape index (κ1) is 12.9. The normalized spacial score (nSPS) is 11.4. The second kappa shape index (κ2) is 8.50. The van der Waals surface area contributed by atoms with Crippen molar-refractivity contribution in [3.63, 3.8) is 0 Å². The van der Waals surface area contributed by atoms with Gasteiger partial charge in [-0.3, -0.25) is 9.98 Å². The molecule has 5 heteroatoms. The van der Waals surface area contributed by atoms with Crippen molar-refractivity contribution >= 4 is 12.7 Å². The van der Waals surface area contributed by atoms with Crippen LogP contribution < -0.4 is 5.73 Å². The molecule has 82 valence electrons. The molecule has 0 saturated carbocycles. The van der Waals surface area contributed by atoms with E-state index in [2.05, 4.69) is 9.98 Å². The highest BCUT2D eigenvalue weighted by Gasteiger charge is 1.89. The predicted octanol–water partition coefficient (Wildman–Crippen LogP) is -0.505. The number of aliphatic imine (C=N–C) groups is 2. The molecule has 0 saturated heterocycles. The van der Waals surface area contributed by atoms with Crippen LogP contribution in [0.4, 0.5) is 0 Å². The Hall–Kier alpha value is -1.10. The summed E-state index contributed by atoms with van der Waals surface area (Å²) < 4.78 is 0. The standard InChI is InChI=1S/C9H21N5/c1-13(2)8-12-6-7-14(3)9-11-5-4-10/h8-9H,4-7,10H2,1-3H3. The van der Waals surface area contributed by atoms with E-state index in [0.29, 0.717) is 13.1 Å². The summed E-state index contributed by atoms with van der Waals surface area (Å²) >= 11 is 0. The fraction of sp³-hybridized carbons (Fsp3) is 0.778. The van der Waals surface area contributed by atoms with Gasteiger partial charge in [0, 0.05) is 34.2 Å². The molecule has 14 heavy (non-hydrogen) atoms. The van der Waals surface area contributed by atoms with Crippen LogP contribution in [0, 0.1) is 0 Å². The van der Waals surface area contributed by atoms with E-state index in [1.807, 2.05) is 37.3 Å². The zero-order chi connectivity index (χ0) is 10.8. The fourth-order valence-corrected chi connectivity index (χ4v) is 0.766. The van der Waals surface area contributed by atoms with Gasteiger partial charge in [0.2, 0.25) is 0 Å². The van der Waals surface area contributed by atoms with Gasteiger partial charge < -0.3 is 15.5 Å². The van der Waals surface area contributed by atoms with Crippen molar-refractivity contribution in [3.8, 4) is 0 Å². The summed E-state index contributed by atoms with van der Waals surface area (Å²) in [6, 6.07) is 0. The molecule has 0 aromatic carbocycles. The number of nitrogens with zero attached hydrogens (tertiary/aromatic N) is 4. The van der Waals surface area contributed by atoms with E-state index < -0.39 is 0 Å². The number of rotatable bonds is 7. The Balaban J connectivity index is 3.48. The first-order valence-electron chi connectivity index (χ1n) is 4.73. The minimum absolute atomic E-state index is 0.600.